The molecule has 1 fully saturated rings. The van der Waals surface area contributed by atoms with Crippen molar-refractivity contribution in [2.24, 2.45) is 4.99 Å². The molecule has 0 saturated carbocycles. The molecule has 1 aromatic heterocycles. The van der Waals surface area contributed by atoms with E-state index in [-0.39, 0.29) is 5.75 Å². The van der Waals surface area contributed by atoms with Gasteiger partial charge in [-0.15, -0.1) is 0 Å². The molecule has 1 aromatic carbocycles. The van der Waals surface area contributed by atoms with Crippen LogP contribution in [-0.2, 0) is 4.74 Å². The van der Waals surface area contributed by atoms with Gasteiger partial charge in [0.05, 0.1) is 6.61 Å². The smallest absolute Gasteiger partial charge is 0.336 e. The van der Waals surface area contributed by atoms with Crippen LogP contribution >= 0.6 is 0 Å². The summed E-state index contributed by atoms with van der Waals surface area (Å²) in [5, 5.41) is 41.7. The zero-order valence-electron chi connectivity index (χ0n) is 14.7. The maximum atomic E-state index is 11.6. The number of nitrogens with zero attached hydrogens (tertiary/aromatic N) is 1. The fraction of sp³-hybridized carbons (Fsp3) is 0.444. The highest BCUT2D eigenvalue weighted by Crippen LogP contribution is 2.28. The van der Waals surface area contributed by atoms with Crippen molar-refractivity contribution in [3.63, 3.8) is 0 Å². The van der Waals surface area contributed by atoms with E-state index in [1.54, 1.807) is 19.1 Å². The minimum Gasteiger partial charge on any atom is -0.862 e. The number of aliphatic hydroxyl groups is 3. The van der Waals surface area contributed by atoms with Crippen LogP contribution in [-0.4, -0.2) is 58.5 Å². The van der Waals surface area contributed by atoms with Gasteiger partial charge in [-0.25, -0.2) is 4.79 Å². The van der Waals surface area contributed by atoms with E-state index in [0.29, 0.717) is 5.58 Å². The third-order valence-electron chi connectivity index (χ3n) is 4.35. The van der Waals surface area contributed by atoms with Gasteiger partial charge in [-0.2, -0.15) is 0 Å². The lowest BCUT2D eigenvalue weighted by Crippen LogP contribution is -2.59. The van der Waals surface area contributed by atoms with E-state index in [4.69, 9.17) is 13.9 Å². The van der Waals surface area contributed by atoms with Crippen LogP contribution in [0.15, 0.2) is 38.5 Å². The molecule has 5 atom stereocenters. The lowest BCUT2D eigenvalue weighted by Gasteiger charge is -2.40. The van der Waals surface area contributed by atoms with Gasteiger partial charge in [0.1, 0.15) is 35.7 Å². The number of aliphatic hydroxyl groups excluding tert-OH is 3. The fourth-order valence-electron chi connectivity index (χ4n) is 3.02. The third kappa shape index (κ3) is 3.96. The normalized spacial score (nSPS) is 29.1. The minimum absolute atomic E-state index is 0.241. The first-order chi connectivity index (χ1) is 12.8. The van der Waals surface area contributed by atoms with Gasteiger partial charge in [-0.05, 0) is 37.4 Å². The van der Waals surface area contributed by atoms with Gasteiger partial charge < -0.3 is 34.3 Å². The molecule has 2 aromatic rings. The molecule has 27 heavy (non-hydrogen) atoms. The Morgan fingerprint density at radius 3 is 2.70 bits per heavy atom. The van der Waals surface area contributed by atoms with Crippen LogP contribution in [0, 0.1) is 6.92 Å². The van der Waals surface area contributed by atoms with Crippen molar-refractivity contribution in [1.29, 1.82) is 0 Å². The largest absolute Gasteiger partial charge is 0.862 e. The minimum atomic E-state index is -1.47. The molecular weight excluding hydrogens is 358 g/mol. The highest BCUT2D eigenvalue weighted by molar-refractivity contribution is 5.81. The Kier molecular flexibility index (Phi) is 5.47. The molecule has 0 spiro atoms. The Labute approximate surface area is 154 Å². The number of fused-ring (bicyclic) bond motifs is 1. The molecular formula is C18H20NO8-. The van der Waals surface area contributed by atoms with Crippen molar-refractivity contribution in [3.8, 4) is 5.75 Å². The molecule has 0 amide bonds. The summed E-state index contributed by atoms with van der Waals surface area (Å²) in [6.45, 7) is 2.41. The number of benzene rings is 1. The number of ether oxygens (including phenoxy) is 2. The van der Waals surface area contributed by atoms with E-state index in [2.05, 4.69) is 4.99 Å². The number of aryl methyl sites for hydroxylation is 1. The molecule has 2 heterocycles. The summed E-state index contributed by atoms with van der Waals surface area (Å²) in [7, 11) is 0. The van der Waals surface area contributed by atoms with Crippen LogP contribution in [0.2, 0.25) is 0 Å². The zero-order valence-corrected chi connectivity index (χ0v) is 14.7. The van der Waals surface area contributed by atoms with Crippen LogP contribution in [0.3, 0.4) is 0 Å². The SMILES string of the molecule is CC([O-])=N[C@H]1[C@H](Oc2ccc3c(C)cc(=O)oc3c2)O[C@H](CO)[C@@H](O)[C@@H]1O. The summed E-state index contributed by atoms with van der Waals surface area (Å²) < 4.78 is 16.3. The van der Waals surface area contributed by atoms with Crippen molar-refractivity contribution in [1.82, 2.24) is 0 Å². The van der Waals surface area contributed by atoms with E-state index in [0.717, 1.165) is 10.9 Å². The second-order valence-corrected chi connectivity index (χ2v) is 6.37. The van der Waals surface area contributed by atoms with Crippen LogP contribution in [0.5, 0.6) is 5.75 Å². The monoisotopic (exact) mass is 378 g/mol. The Morgan fingerprint density at radius 2 is 2.04 bits per heavy atom. The van der Waals surface area contributed by atoms with Crippen LogP contribution < -0.4 is 15.5 Å². The summed E-state index contributed by atoms with van der Waals surface area (Å²) >= 11 is 0. The highest BCUT2D eigenvalue weighted by Gasteiger charge is 2.45. The van der Waals surface area contributed by atoms with E-state index in [1.165, 1.54) is 19.1 Å². The summed E-state index contributed by atoms with van der Waals surface area (Å²) in [5.74, 6) is -0.337. The molecule has 146 valence electrons. The van der Waals surface area contributed by atoms with E-state index < -0.39 is 48.8 Å². The number of hydrogen-bond donors (Lipinski definition) is 3. The number of aliphatic imine (C=N–C) groups is 1. The van der Waals surface area contributed by atoms with E-state index in [1.807, 2.05) is 0 Å². The van der Waals surface area contributed by atoms with Gasteiger partial charge in [0.2, 0.25) is 6.29 Å². The summed E-state index contributed by atoms with van der Waals surface area (Å²) in [6, 6.07) is 4.95. The molecule has 0 aliphatic carbocycles. The molecule has 1 aliphatic rings. The second-order valence-electron chi connectivity index (χ2n) is 6.37. The Morgan fingerprint density at radius 1 is 1.30 bits per heavy atom. The first-order valence-corrected chi connectivity index (χ1v) is 8.35. The van der Waals surface area contributed by atoms with Gasteiger partial charge in [0, 0.05) is 17.5 Å². The maximum Gasteiger partial charge on any atom is 0.336 e. The Balaban J connectivity index is 1.94. The first-order valence-electron chi connectivity index (χ1n) is 8.35. The van der Waals surface area contributed by atoms with E-state index >= 15 is 0 Å². The molecule has 3 rings (SSSR count). The molecule has 0 unspecified atom stereocenters. The van der Waals surface area contributed by atoms with Gasteiger partial charge in [-0.3, -0.25) is 4.99 Å². The van der Waals surface area contributed by atoms with Crippen molar-refractivity contribution in [3.05, 3.63) is 40.2 Å². The standard InChI is InChI=1S/C18H21NO8/c1-8-5-14(22)26-12-6-10(3-4-11(8)12)25-18-15(19-9(2)21)17(24)16(23)13(7-20)27-18/h3-6,13,15-18,20,23-24H,7H2,1-2H3,(H,19,21)/p-1/t13-,15-,16-,17-,18-/m1/s1. The van der Waals surface area contributed by atoms with Gasteiger partial charge in [0.15, 0.2) is 0 Å². The molecule has 3 N–H and O–H groups in total. The average molecular weight is 378 g/mol. The Hall–Kier alpha value is -2.46. The Bertz CT molecular complexity index is 904. The van der Waals surface area contributed by atoms with Gasteiger partial charge >= 0.3 is 5.63 Å². The van der Waals surface area contributed by atoms with Gasteiger partial charge in [-0.1, -0.05) is 0 Å². The van der Waals surface area contributed by atoms with Crippen LogP contribution in [0.25, 0.3) is 11.0 Å². The maximum absolute atomic E-state index is 11.6. The lowest BCUT2D eigenvalue weighted by atomic mass is 9.97. The highest BCUT2D eigenvalue weighted by atomic mass is 16.7. The molecule has 1 saturated heterocycles. The molecule has 9 nitrogen and oxygen atoms in total. The predicted octanol–water partition coefficient (Wildman–Crippen LogP) is -0.933. The molecule has 1 aliphatic heterocycles. The van der Waals surface area contributed by atoms with Crippen molar-refractivity contribution >= 4 is 16.9 Å². The predicted molar refractivity (Wildman–Crippen MR) is 92.5 cm³/mol. The summed E-state index contributed by atoms with van der Waals surface area (Å²) in [5.41, 5.74) is 0.534. The first kappa shape index (κ1) is 19.3. The van der Waals surface area contributed by atoms with Gasteiger partial charge in [0.25, 0.3) is 0 Å². The fourth-order valence-corrected chi connectivity index (χ4v) is 3.02. The molecule has 9 heteroatoms. The topological polar surface area (TPSA) is 145 Å². The molecule has 0 radical (unpaired) electrons. The van der Waals surface area contributed by atoms with Crippen molar-refractivity contribution in [2.75, 3.05) is 6.61 Å². The summed E-state index contributed by atoms with van der Waals surface area (Å²) in [6.07, 6.45) is -5.24. The molecule has 0 bridgehead atoms. The average Bonchev–Trinajstić information content (AvgIpc) is 2.60. The number of hydrogen-bond acceptors (Lipinski definition) is 9. The van der Waals surface area contributed by atoms with Crippen molar-refractivity contribution < 1.29 is 34.3 Å². The van der Waals surface area contributed by atoms with E-state index in [9.17, 15) is 25.2 Å². The summed E-state index contributed by atoms with van der Waals surface area (Å²) in [4.78, 5) is 15.3. The zero-order chi connectivity index (χ0) is 19.7. The van der Waals surface area contributed by atoms with Crippen LogP contribution in [0.1, 0.15) is 12.5 Å². The third-order valence-corrected chi connectivity index (χ3v) is 4.35. The lowest BCUT2D eigenvalue weighted by molar-refractivity contribution is -0.244. The second kappa shape index (κ2) is 7.65. The quantitative estimate of drug-likeness (QED) is 0.351. The van der Waals surface area contributed by atoms with Crippen LogP contribution in [0.4, 0.5) is 0 Å². The van der Waals surface area contributed by atoms with Crippen molar-refractivity contribution in [2.45, 2.75) is 44.5 Å². The number of rotatable bonds is 4.